The largest absolute Gasteiger partial charge is 0.352 e. The van der Waals surface area contributed by atoms with Crippen molar-refractivity contribution in [2.45, 2.75) is 71.6 Å². The molecule has 2 saturated heterocycles. The van der Waals surface area contributed by atoms with Gasteiger partial charge >= 0.3 is 0 Å². The van der Waals surface area contributed by atoms with Crippen LogP contribution in [0, 0.1) is 5.92 Å². The van der Waals surface area contributed by atoms with Gasteiger partial charge in [-0.05, 0) is 76.7 Å². The van der Waals surface area contributed by atoms with Crippen LogP contribution in [0.3, 0.4) is 0 Å². The predicted octanol–water partition coefficient (Wildman–Crippen LogP) is 3.86. The van der Waals surface area contributed by atoms with Crippen molar-refractivity contribution in [3.63, 3.8) is 0 Å². The topological polar surface area (TPSA) is 40.5 Å². The van der Waals surface area contributed by atoms with Crippen LogP contribution in [0.1, 0.15) is 52.0 Å². The van der Waals surface area contributed by atoms with Gasteiger partial charge in [-0.3, -0.25) is 9.69 Å². The van der Waals surface area contributed by atoms with Crippen molar-refractivity contribution in [3.8, 4) is 0 Å². The molecule has 1 atom stereocenters. The Labute approximate surface area is 181 Å². The van der Waals surface area contributed by atoms with Crippen LogP contribution in [0.2, 0.25) is 0 Å². The van der Waals surface area contributed by atoms with Gasteiger partial charge in [0.15, 0.2) is 0 Å². The number of amides is 1. The molecule has 1 amide bonds. The van der Waals surface area contributed by atoms with Crippen molar-refractivity contribution < 1.29 is 4.79 Å². The third-order valence-electron chi connectivity index (χ3n) is 6.79. The second-order valence-corrected chi connectivity index (χ2v) is 9.77. The summed E-state index contributed by atoms with van der Waals surface area (Å²) in [4.78, 5) is 17.7. The molecular formula is C25H38N4O. The van der Waals surface area contributed by atoms with Crippen LogP contribution in [0.4, 0.5) is 0 Å². The first kappa shape index (κ1) is 21.4. The van der Waals surface area contributed by atoms with Gasteiger partial charge in [0.05, 0.1) is 0 Å². The summed E-state index contributed by atoms with van der Waals surface area (Å²) in [7, 11) is 0. The molecule has 0 unspecified atom stereocenters. The maximum absolute atomic E-state index is 12.3. The van der Waals surface area contributed by atoms with E-state index >= 15 is 0 Å². The lowest BCUT2D eigenvalue weighted by Crippen LogP contribution is -2.47. The van der Waals surface area contributed by atoms with Gasteiger partial charge in [-0.25, -0.2) is 0 Å². The van der Waals surface area contributed by atoms with Crippen LogP contribution >= 0.6 is 0 Å². The van der Waals surface area contributed by atoms with Crippen LogP contribution < -0.4 is 5.32 Å². The molecule has 2 aromatic rings. The zero-order valence-corrected chi connectivity index (χ0v) is 18.9. The Morgan fingerprint density at radius 2 is 1.90 bits per heavy atom. The number of carbonyl (C=O) groups is 1. The van der Waals surface area contributed by atoms with E-state index in [1.807, 2.05) is 13.8 Å². The molecular weight excluding hydrogens is 372 g/mol. The minimum absolute atomic E-state index is 0.0777. The molecule has 0 radical (unpaired) electrons. The molecule has 5 heteroatoms. The lowest BCUT2D eigenvalue weighted by molar-refractivity contribution is -0.122. The SMILES string of the molecule is CC(C)NC(=O)Cn1cc(CN2CCC(N3CCC[C@@H](C)C3)CC2)c2ccccc21. The molecule has 1 aromatic heterocycles. The number of nitrogens with one attached hydrogen (secondary N) is 1. The summed E-state index contributed by atoms with van der Waals surface area (Å²) in [6.07, 6.45) is 7.52. The van der Waals surface area contributed by atoms with Crippen molar-refractivity contribution >= 4 is 16.8 Å². The van der Waals surface area contributed by atoms with Crippen molar-refractivity contribution in [2.75, 3.05) is 26.2 Å². The van der Waals surface area contributed by atoms with Gasteiger partial charge in [0.1, 0.15) is 6.54 Å². The Morgan fingerprint density at radius 1 is 1.13 bits per heavy atom. The Morgan fingerprint density at radius 3 is 2.63 bits per heavy atom. The monoisotopic (exact) mass is 410 g/mol. The van der Waals surface area contributed by atoms with Crippen molar-refractivity contribution in [1.29, 1.82) is 0 Å². The Bertz CT molecular complexity index is 850. The summed E-state index contributed by atoms with van der Waals surface area (Å²) < 4.78 is 2.12. The fraction of sp³-hybridized carbons (Fsp3) is 0.640. The number of hydrogen-bond donors (Lipinski definition) is 1. The number of aromatic nitrogens is 1. The summed E-state index contributed by atoms with van der Waals surface area (Å²) in [5, 5.41) is 4.29. The second-order valence-electron chi connectivity index (χ2n) is 9.77. The molecule has 2 aliphatic heterocycles. The molecule has 0 spiro atoms. The smallest absolute Gasteiger partial charge is 0.240 e. The molecule has 4 rings (SSSR count). The van der Waals surface area contributed by atoms with Gasteiger partial charge in [-0.1, -0.05) is 25.1 Å². The van der Waals surface area contributed by atoms with E-state index in [9.17, 15) is 4.79 Å². The maximum Gasteiger partial charge on any atom is 0.240 e. The number of likely N-dealkylation sites (tertiary alicyclic amines) is 2. The summed E-state index contributed by atoms with van der Waals surface area (Å²) in [6.45, 7) is 12.7. The highest BCUT2D eigenvalue weighted by molar-refractivity contribution is 5.86. The average molecular weight is 411 g/mol. The van der Waals surface area contributed by atoms with E-state index in [2.05, 4.69) is 57.1 Å². The van der Waals surface area contributed by atoms with E-state index in [4.69, 9.17) is 0 Å². The number of piperidine rings is 2. The summed E-state index contributed by atoms with van der Waals surface area (Å²) in [5.41, 5.74) is 2.50. The number of hydrogen-bond acceptors (Lipinski definition) is 3. The molecule has 0 saturated carbocycles. The maximum atomic E-state index is 12.3. The van der Waals surface area contributed by atoms with E-state index in [0.717, 1.165) is 24.0 Å². The van der Waals surface area contributed by atoms with E-state index in [-0.39, 0.29) is 11.9 Å². The van der Waals surface area contributed by atoms with Crippen molar-refractivity contribution in [1.82, 2.24) is 19.7 Å². The van der Waals surface area contributed by atoms with Crippen molar-refractivity contribution in [2.24, 2.45) is 5.92 Å². The molecule has 1 aromatic carbocycles. The highest BCUT2D eigenvalue weighted by atomic mass is 16.2. The van der Waals surface area contributed by atoms with Crippen molar-refractivity contribution in [3.05, 3.63) is 36.0 Å². The van der Waals surface area contributed by atoms with Gasteiger partial charge in [-0.15, -0.1) is 0 Å². The standard InChI is InChI=1S/C25H38N4O/c1-19(2)26-25(30)18-29-17-21(23-8-4-5-9-24(23)29)16-27-13-10-22(11-14-27)28-12-6-7-20(3)15-28/h4-5,8-9,17,19-20,22H,6-7,10-16,18H2,1-3H3,(H,26,30)/t20-/m1/s1. The first-order valence-electron chi connectivity index (χ1n) is 11.8. The Kier molecular flexibility index (Phi) is 6.79. The zero-order chi connectivity index (χ0) is 21.1. The summed E-state index contributed by atoms with van der Waals surface area (Å²) >= 11 is 0. The zero-order valence-electron chi connectivity index (χ0n) is 18.9. The number of fused-ring (bicyclic) bond motifs is 1. The first-order chi connectivity index (χ1) is 14.5. The second kappa shape index (κ2) is 9.52. The third kappa shape index (κ3) is 5.06. The van der Waals surface area contributed by atoms with Crippen LogP contribution in [-0.2, 0) is 17.9 Å². The molecule has 2 aliphatic rings. The highest BCUT2D eigenvalue weighted by Gasteiger charge is 2.27. The minimum atomic E-state index is 0.0777. The van der Waals surface area contributed by atoms with Gasteiger partial charge in [0, 0.05) is 42.3 Å². The average Bonchev–Trinajstić information content (AvgIpc) is 3.05. The predicted molar refractivity (Wildman–Crippen MR) is 123 cm³/mol. The summed E-state index contributed by atoms with van der Waals surface area (Å²) in [6, 6.07) is 9.43. The third-order valence-corrected chi connectivity index (χ3v) is 6.79. The van der Waals surface area contributed by atoms with E-state index in [1.165, 1.54) is 62.8 Å². The summed E-state index contributed by atoms with van der Waals surface area (Å²) in [5.74, 6) is 0.935. The molecule has 2 fully saturated rings. The van der Waals surface area contributed by atoms with Gasteiger partial charge < -0.3 is 14.8 Å². The van der Waals surface area contributed by atoms with Gasteiger partial charge in [0.25, 0.3) is 0 Å². The van der Waals surface area contributed by atoms with Gasteiger partial charge in [-0.2, -0.15) is 0 Å². The Hall–Kier alpha value is -1.85. The fourth-order valence-electron chi connectivity index (χ4n) is 5.34. The number of benzene rings is 1. The first-order valence-corrected chi connectivity index (χ1v) is 11.8. The molecule has 0 bridgehead atoms. The normalized spacial score (nSPS) is 22.1. The number of para-hydroxylation sites is 1. The lowest BCUT2D eigenvalue weighted by atomic mass is 9.95. The highest BCUT2D eigenvalue weighted by Crippen LogP contribution is 2.27. The fourth-order valence-corrected chi connectivity index (χ4v) is 5.34. The molecule has 0 aliphatic carbocycles. The molecule has 3 heterocycles. The number of carbonyl (C=O) groups excluding carboxylic acids is 1. The van der Waals surface area contributed by atoms with Crippen LogP contribution in [-0.4, -0.2) is 58.5 Å². The van der Waals surface area contributed by atoms with E-state index < -0.39 is 0 Å². The Balaban J connectivity index is 1.40. The molecule has 30 heavy (non-hydrogen) atoms. The van der Waals surface area contributed by atoms with Crippen LogP contribution in [0.25, 0.3) is 10.9 Å². The van der Waals surface area contributed by atoms with Crippen LogP contribution in [0.15, 0.2) is 30.5 Å². The van der Waals surface area contributed by atoms with E-state index in [1.54, 1.807) is 0 Å². The van der Waals surface area contributed by atoms with Crippen LogP contribution in [0.5, 0.6) is 0 Å². The van der Waals surface area contributed by atoms with Gasteiger partial charge in [0.2, 0.25) is 5.91 Å². The molecule has 1 N–H and O–H groups in total. The van der Waals surface area contributed by atoms with E-state index in [0.29, 0.717) is 6.54 Å². The lowest BCUT2D eigenvalue weighted by Gasteiger charge is -2.41. The molecule has 5 nitrogen and oxygen atoms in total. The quantitative estimate of drug-likeness (QED) is 0.786. The minimum Gasteiger partial charge on any atom is -0.352 e. The number of rotatable bonds is 6. The molecule has 164 valence electrons. The number of nitrogens with zero attached hydrogens (tertiary/aromatic N) is 3.